The molecule has 0 spiro atoms. The highest BCUT2D eigenvalue weighted by Crippen LogP contribution is 2.27. The summed E-state index contributed by atoms with van der Waals surface area (Å²) >= 11 is 0. The number of halogens is 3. The molecule has 0 aromatic carbocycles. The van der Waals surface area contributed by atoms with Gasteiger partial charge in [0.1, 0.15) is 6.04 Å². The molecule has 0 radical (unpaired) electrons. The number of rotatable bonds is 5. The number of aliphatic carboxylic acids is 1. The second kappa shape index (κ2) is 6.77. The molecule has 1 aliphatic rings. The van der Waals surface area contributed by atoms with Crippen LogP contribution in [0.1, 0.15) is 44.9 Å². The predicted octanol–water partition coefficient (Wildman–Crippen LogP) is 2.48. The fraction of sp³-hybridized carbons (Fsp3) is 0.833. The van der Waals surface area contributed by atoms with Crippen molar-refractivity contribution in [1.29, 1.82) is 0 Å². The molecule has 1 aliphatic carbocycles. The first-order valence-corrected chi connectivity index (χ1v) is 6.38. The SMILES string of the molecule is O=C(CCC(F)(F)F)NC(C(=O)O)C1CCCCC1. The molecule has 0 bridgehead atoms. The van der Waals surface area contributed by atoms with E-state index in [4.69, 9.17) is 5.11 Å². The Hall–Kier alpha value is -1.27. The molecule has 0 heterocycles. The summed E-state index contributed by atoms with van der Waals surface area (Å²) in [5, 5.41) is 11.3. The van der Waals surface area contributed by atoms with E-state index in [0.29, 0.717) is 12.8 Å². The minimum atomic E-state index is -4.40. The Morgan fingerprint density at radius 1 is 1.21 bits per heavy atom. The average Bonchev–Trinajstić information content (AvgIpc) is 2.33. The largest absolute Gasteiger partial charge is 0.480 e. The topological polar surface area (TPSA) is 66.4 Å². The Labute approximate surface area is 109 Å². The summed E-state index contributed by atoms with van der Waals surface area (Å²) in [5.41, 5.74) is 0. The van der Waals surface area contributed by atoms with E-state index in [1.165, 1.54) is 0 Å². The van der Waals surface area contributed by atoms with Gasteiger partial charge in [0.15, 0.2) is 0 Å². The van der Waals surface area contributed by atoms with Crippen LogP contribution < -0.4 is 5.32 Å². The summed E-state index contributed by atoms with van der Waals surface area (Å²) in [6.45, 7) is 0. The zero-order chi connectivity index (χ0) is 14.5. The van der Waals surface area contributed by atoms with Gasteiger partial charge in [-0.2, -0.15) is 13.2 Å². The quantitative estimate of drug-likeness (QED) is 0.813. The van der Waals surface area contributed by atoms with E-state index in [-0.39, 0.29) is 5.92 Å². The smallest absolute Gasteiger partial charge is 0.389 e. The summed E-state index contributed by atoms with van der Waals surface area (Å²) < 4.78 is 35.9. The minimum absolute atomic E-state index is 0.180. The number of amides is 1. The molecule has 19 heavy (non-hydrogen) atoms. The first-order valence-electron chi connectivity index (χ1n) is 6.38. The lowest BCUT2D eigenvalue weighted by atomic mass is 9.84. The fourth-order valence-corrected chi connectivity index (χ4v) is 2.35. The maximum absolute atomic E-state index is 12.0. The molecular weight excluding hydrogens is 263 g/mol. The van der Waals surface area contributed by atoms with Crippen LogP contribution in [-0.4, -0.2) is 29.2 Å². The number of carboxylic acid groups (broad SMARTS) is 1. The van der Waals surface area contributed by atoms with E-state index in [1.54, 1.807) is 0 Å². The lowest BCUT2D eigenvalue weighted by Crippen LogP contribution is -2.46. The number of nitrogens with one attached hydrogen (secondary N) is 1. The summed E-state index contributed by atoms with van der Waals surface area (Å²) in [6.07, 6.45) is -2.14. The van der Waals surface area contributed by atoms with Crippen LogP contribution in [0, 0.1) is 5.92 Å². The average molecular weight is 281 g/mol. The van der Waals surface area contributed by atoms with Crippen LogP contribution in [0.5, 0.6) is 0 Å². The third-order valence-electron chi connectivity index (χ3n) is 3.34. The van der Waals surface area contributed by atoms with Gasteiger partial charge >= 0.3 is 12.1 Å². The van der Waals surface area contributed by atoms with Crippen LogP contribution in [-0.2, 0) is 9.59 Å². The molecule has 1 amide bonds. The third-order valence-corrected chi connectivity index (χ3v) is 3.34. The van der Waals surface area contributed by atoms with E-state index in [9.17, 15) is 22.8 Å². The Morgan fingerprint density at radius 2 is 1.79 bits per heavy atom. The molecule has 1 saturated carbocycles. The van der Waals surface area contributed by atoms with Gasteiger partial charge in [0, 0.05) is 6.42 Å². The molecule has 1 rings (SSSR count). The molecule has 1 unspecified atom stereocenters. The van der Waals surface area contributed by atoms with Crippen molar-refractivity contribution in [3.8, 4) is 0 Å². The summed E-state index contributed by atoms with van der Waals surface area (Å²) in [5.74, 6) is -2.20. The monoisotopic (exact) mass is 281 g/mol. The fourth-order valence-electron chi connectivity index (χ4n) is 2.35. The Kier molecular flexibility index (Phi) is 5.62. The molecule has 0 aromatic heterocycles. The van der Waals surface area contributed by atoms with Crippen LogP contribution in [0.3, 0.4) is 0 Å². The summed E-state index contributed by atoms with van der Waals surface area (Å²) in [4.78, 5) is 22.5. The lowest BCUT2D eigenvalue weighted by molar-refractivity contribution is -0.148. The Morgan fingerprint density at radius 3 is 2.26 bits per heavy atom. The molecule has 110 valence electrons. The molecule has 1 atom stereocenters. The third kappa shape index (κ3) is 5.94. The Bertz CT molecular complexity index is 325. The van der Waals surface area contributed by atoms with E-state index >= 15 is 0 Å². The van der Waals surface area contributed by atoms with E-state index < -0.39 is 36.9 Å². The van der Waals surface area contributed by atoms with Crippen molar-refractivity contribution in [3.63, 3.8) is 0 Å². The number of carbonyl (C=O) groups excluding carboxylic acids is 1. The predicted molar refractivity (Wildman–Crippen MR) is 61.4 cm³/mol. The molecular formula is C12H18F3NO3. The van der Waals surface area contributed by atoms with Crippen molar-refractivity contribution >= 4 is 11.9 Å². The standard InChI is InChI=1S/C12H18F3NO3/c13-12(14,15)7-6-9(17)16-10(11(18)19)8-4-2-1-3-5-8/h8,10H,1-7H2,(H,16,17)(H,18,19). The van der Waals surface area contributed by atoms with Crippen LogP contribution in [0.15, 0.2) is 0 Å². The minimum Gasteiger partial charge on any atom is -0.480 e. The van der Waals surface area contributed by atoms with Crippen LogP contribution >= 0.6 is 0 Å². The zero-order valence-electron chi connectivity index (χ0n) is 10.5. The van der Waals surface area contributed by atoms with Gasteiger partial charge in [0.2, 0.25) is 5.91 Å². The molecule has 1 fully saturated rings. The van der Waals surface area contributed by atoms with Crippen molar-refractivity contribution in [1.82, 2.24) is 5.32 Å². The van der Waals surface area contributed by atoms with Gasteiger partial charge < -0.3 is 10.4 Å². The first kappa shape index (κ1) is 15.8. The van der Waals surface area contributed by atoms with Gasteiger partial charge in [0.05, 0.1) is 6.42 Å². The van der Waals surface area contributed by atoms with Crippen molar-refractivity contribution in [2.24, 2.45) is 5.92 Å². The highest BCUT2D eigenvalue weighted by molar-refractivity contribution is 5.83. The van der Waals surface area contributed by atoms with E-state index in [1.807, 2.05) is 0 Å². The van der Waals surface area contributed by atoms with Gasteiger partial charge in [-0.15, -0.1) is 0 Å². The molecule has 4 nitrogen and oxygen atoms in total. The van der Waals surface area contributed by atoms with Gasteiger partial charge in [-0.3, -0.25) is 4.79 Å². The number of carboxylic acids is 1. The van der Waals surface area contributed by atoms with E-state index in [2.05, 4.69) is 5.32 Å². The van der Waals surface area contributed by atoms with Crippen molar-refractivity contribution in [2.75, 3.05) is 0 Å². The molecule has 0 aliphatic heterocycles. The molecule has 0 saturated heterocycles. The first-order chi connectivity index (χ1) is 8.79. The highest BCUT2D eigenvalue weighted by Gasteiger charge is 2.32. The van der Waals surface area contributed by atoms with Crippen molar-refractivity contribution in [2.45, 2.75) is 57.2 Å². The van der Waals surface area contributed by atoms with Crippen molar-refractivity contribution in [3.05, 3.63) is 0 Å². The van der Waals surface area contributed by atoms with Gasteiger partial charge in [-0.1, -0.05) is 19.3 Å². The summed E-state index contributed by atoms with van der Waals surface area (Å²) in [7, 11) is 0. The zero-order valence-corrected chi connectivity index (χ0v) is 10.5. The maximum Gasteiger partial charge on any atom is 0.389 e. The van der Waals surface area contributed by atoms with Crippen LogP contribution in [0.4, 0.5) is 13.2 Å². The van der Waals surface area contributed by atoms with Crippen molar-refractivity contribution < 1.29 is 27.9 Å². The number of alkyl halides is 3. The van der Waals surface area contributed by atoms with Gasteiger partial charge in [-0.25, -0.2) is 4.79 Å². The van der Waals surface area contributed by atoms with Gasteiger partial charge in [0.25, 0.3) is 0 Å². The Balaban J connectivity index is 2.48. The maximum atomic E-state index is 12.0. The van der Waals surface area contributed by atoms with Crippen LogP contribution in [0.25, 0.3) is 0 Å². The highest BCUT2D eigenvalue weighted by atomic mass is 19.4. The molecule has 0 aromatic rings. The van der Waals surface area contributed by atoms with Gasteiger partial charge in [-0.05, 0) is 18.8 Å². The van der Waals surface area contributed by atoms with Crippen LogP contribution in [0.2, 0.25) is 0 Å². The second-order valence-electron chi connectivity index (χ2n) is 4.90. The molecule has 7 heteroatoms. The second-order valence-corrected chi connectivity index (χ2v) is 4.90. The summed E-state index contributed by atoms with van der Waals surface area (Å²) in [6, 6.07) is -1.07. The number of hydrogen-bond acceptors (Lipinski definition) is 2. The lowest BCUT2D eigenvalue weighted by Gasteiger charge is -2.28. The molecule has 2 N–H and O–H groups in total. The van der Waals surface area contributed by atoms with E-state index in [0.717, 1.165) is 19.3 Å². The normalized spacial score (nSPS) is 18.9. The number of carbonyl (C=O) groups is 2. The number of hydrogen-bond donors (Lipinski definition) is 2.